The van der Waals surface area contributed by atoms with Crippen LogP contribution in [0.15, 0.2) is 18.3 Å². The number of aromatic nitrogens is 1. The number of methoxy groups -OCH3 is 1. The summed E-state index contributed by atoms with van der Waals surface area (Å²) in [5.41, 5.74) is 0.0616. The predicted octanol–water partition coefficient (Wildman–Crippen LogP) is -0.442. The fraction of sp³-hybridized carbons (Fsp3) is 0.222. The molecular weight excluding hydrogens is 248 g/mol. The third kappa shape index (κ3) is 3.83. The van der Waals surface area contributed by atoms with E-state index in [1.807, 2.05) is 0 Å². The molecule has 7 nitrogen and oxygen atoms in total. The standard InChI is InChI=1S/C9H10N2O5S/c1-16-9(13)7-4-3-6(5-10-7)8(12)11-17(2,14)15/h3-5H,1-2H3,(H,11,12). The van der Waals surface area contributed by atoms with Crippen LogP contribution in [0.25, 0.3) is 0 Å². The van der Waals surface area contributed by atoms with E-state index in [4.69, 9.17) is 0 Å². The van der Waals surface area contributed by atoms with Gasteiger partial charge in [-0.05, 0) is 12.1 Å². The number of rotatable bonds is 3. The summed E-state index contributed by atoms with van der Waals surface area (Å²) in [6.07, 6.45) is 1.95. The topological polar surface area (TPSA) is 102 Å². The van der Waals surface area contributed by atoms with Gasteiger partial charge in [-0.3, -0.25) is 4.79 Å². The van der Waals surface area contributed by atoms with Crippen LogP contribution in [0.5, 0.6) is 0 Å². The molecule has 0 unspecified atom stereocenters. The quantitative estimate of drug-likeness (QED) is 0.737. The summed E-state index contributed by atoms with van der Waals surface area (Å²) in [6.45, 7) is 0. The SMILES string of the molecule is COC(=O)c1ccc(C(=O)NS(C)(=O)=O)cn1. The van der Waals surface area contributed by atoms with Crippen molar-refractivity contribution in [1.82, 2.24) is 9.71 Å². The van der Waals surface area contributed by atoms with Gasteiger partial charge in [-0.15, -0.1) is 0 Å². The first-order valence-electron chi connectivity index (χ1n) is 4.40. The summed E-state index contributed by atoms with van der Waals surface area (Å²) in [5.74, 6) is -1.45. The molecule has 92 valence electrons. The normalized spacial score (nSPS) is 10.7. The number of sulfonamides is 1. The van der Waals surface area contributed by atoms with Crippen molar-refractivity contribution in [2.24, 2.45) is 0 Å². The number of nitrogens with one attached hydrogen (secondary N) is 1. The minimum Gasteiger partial charge on any atom is -0.464 e. The summed E-state index contributed by atoms with van der Waals surface area (Å²) in [5, 5.41) is 0. The van der Waals surface area contributed by atoms with Crippen molar-refractivity contribution in [1.29, 1.82) is 0 Å². The molecule has 1 amide bonds. The zero-order valence-electron chi connectivity index (χ0n) is 9.13. The Hall–Kier alpha value is -1.96. The number of hydrogen-bond acceptors (Lipinski definition) is 6. The highest BCUT2D eigenvalue weighted by molar-refractivity contribution is 7.89. The summed E-state index contributed by atoms with van der Waals surface area (Å²) in [7, 11) is -2.42. The molecule has 1 N–H and O–H groups in total. The summed E-state index contributed by atoms with van der Waals surface area (Å²) < 4.78 is 27.8. The molecule has 0 saturated carbocycles. The van der Waals surface area contributed by atoms with Crippen LogP contribution in [0.4, 0.5) is 0 Å². The maximum atomic E-state index is 11.4. The van der Waals surface area contributed by atoms with E-state index in [1.165, 1.54) is 19.2 Å². The monoisotopic (exact) mass is 258 g/mol. The van der Waals surface area contributed by atoms with Gasteiger partial charge in [-0.25, -0.2) is 22.9 Å². The molecule has 0 aliphatic rings. The number of carbonyl (C=O) groups excluding carboxylic acids is 2. The van der Waals surface area contributed by atoms with Crippen LogP contribution in [0, 0.1) is 0 Å². The van der Waals surface area contributed by atoms with Crippen LogP contribution in [-0.2, 0) is 14.8 Å². The lowest BCUT2D eigenvalue weighted by atomic mass is 10.2. The van der Waals surface area contributed by atoms with Crippen LogP contribution in [0.1, 0.15) is 20.8 Å². The van der Waals surface area contributed by atoms with Crippen molar-refractivity contribution >= 4 is 21.9 Å². The van der Waals surface area contributed by atoms with E-state index in [0.29, 0.717) is 0 Å². The second kappa shape index (κ2) is 4.91. The second-order valence-electron chi connectivity index (χ2n) is 3.13. The van der Waals surface area contributed by atoms with Crippen LogP contribution in [-0.4, -0.2) is 38.6 Å². The largest absolute Gasteiger partial charge is 0.464 e. The molecule has 0 spiro atoms. The van der Waals surface area contributed by atoms with Gasteiger partial charge in [0.2, 0.25) is 10.0 Å². The highest BCUT2D eigenvalue weighted by Gasteiger charge is 2.13. The Bertz CT molecular complexity index is 535. The molecule has 0 saturated heterocycles. The van der Waals surface area contributed by atoms with Crippen molar-refractivity contribution in [3.05, 3.63) is 29.6 Å². The van der Waals surface area contributed by atoms with Gasteiger partial charge in [0.1, 0.15) is 5.69 Å². The number of ether oxygens (including phenoxy) is 1. The maximum Gasteiger partial charge on any atom is 0.356 e. The Morgan fingerprint density at radius 3 is 2.41 bits per heavy atom. The molecule has 0 aromatic carbocycles. The van der Waals surface area contributed by atoms with Crippen LogP contribution < -0.4 is 4.72 Å². The molecule has 1 aromatic heterocycles. The van der Waals surface area contributed by atoms with Gasteiger partial charge in [-0.1, -0.05) is 0 Å². The first kappa shape index (κ1) is 13.1. The van der Waals surface area contributed by atoms with E-state index < -0.39 is 21.9 Å². The predicted molar refractivity (Wildman–Crippen MR) is 57.9 cm³/mol. The lowest BCUT2D eigenvalue weighted by molar-refractivity contribution is 0.0593. The molecule has 1 aromatic rings. The number of esters is 1. The zero-order valence-corrected chi connectivity index (χ0v) is 9.95. The van der Waals surface area contributed by atoms with Gasteiger partial charge >= 0.3 is 5.97 Å². The average molecular weight is 258 g/mol. The average Bonchev–Trinajstić information content (AvgIpc) is 2.26. The molecule has 0 aliphatic heterocycles. The summed E-state index contributed by atoms with van der Waals surface area (Å²) in [6, 6.07) is 2.54. The molecule has 0 bridgehead atoms. The van der Waals surface area contributed by atoms with Crippen molar-refractivity contribution in [2.75, 3.05) is 13.4 Å². The van der Waals surface area contributed by atoms with Gasteiger partial charge in [0.05, 0.1) is 18.9 Å². The Balaban J connectivity index is 2.88. The lowest BCUT2D eigenvalue weighted by Crippen LogP contribution is -2.29. The minimum absolute atomic E-state index is 0.0306. The molecule has 17 heavy (non-hydrogen) atoms. The molecular formula is C9H10N2O5S. The van der Waals surface area contributed by atoms with E-state index in [9.17, 15) is 18.0 Å². The fourth-order valence-electron chi connectivity index (χ4n) is 0.981. The summed E-state index contributed by atoms with van der Waals surface area (Å²) in [4.78, 5) is 26.1. The third-order valence-corrected chi connectivity index (χ3v) is 2.25. The smallest absolute Gasteiger partial charge is 0.356 e. The summed E-state index contributed by atoms with van der Waals surface area (Å²) >= 11 is 0. The van der Waals surface area contributed by atoms with E-state index in [-0.39, 0.29) is 11.3 Å². The van der Waals surface area contributed by atoms with Crippen LogP contribution >= 0.6 is 0 Å². The number of carbonyl (C=O) groups is 2. The molecule has 0 radical (unpaired) electrons. The molecule has 1 rings (SSSR count). The zero-order chi connectivity index (χ0) is 13.1. The molecule has 0 atom stereocenters. The first-order chi connectivity index (χ1) is 7.83. The van der Waals surface area contributed by atoms with Crippen molar-refractivity contribution < 1.29 is 22.7 Å². The molecule has 0 aliphatic carbocycles. The Kier molecular flexibility index (Phi) is 3.79. The van der Waals surface area contributed by atoms with Crippen molar-refractivity contribution in [3.8, 4) is 0 Å². The minimum atomic E-state index is -3.62. The van der Waals surface area contributed by atoms with E-state index >= 15 is 0 Å². The van der Waals surface area contributed by atoms with E-state index in [0.717, 1.165) is 12.5 Å². The molecule has 0 fully saturated rings. The first-order valence-corrected chi connectivity index (χ1v) is 6.29. The maximum absolute atomic E-state index is 11.4. The van der Waals surface area contributed by atoms with Gasteiger partial charge in [0.15, 0.2) is 0 Å². The van der Waals surface area contributed by atoms with Crippen LogP contribution in [0.3, 0.4) is 0 Å². The Morgan fingerprint density at radius 2 is 2.00 bits per heavy atom. The van der Waals surface area contributed by atoms with Gasteiger partial charge in [0, 0.05) is 6.20 Å². The number of amides is 1. The van der Waals surface area contributed by atoms with E-state index in [2.05, 4.69) is 9.72 Å². The van der Waals surface area contributed by atoms with Gasteiger partial charge < -0.3 is 4.74 Å². The van der Waals surface area contributed by atoms with Gasteiger partial charge in [-0.2, -0.15) is 0 Å². The Morgan fingerprint density at radius 1 is 1.35 bits per heavy atom. The number of nitrogens with zero attached hydrogens (tertiary/aromatic N) is 1. The second-order valence-corrected chi connectivity index (χ2v) is 4.88. The number of pyridine rings is 1. The Labute approximate surface area is 97.9 Å². The highest BCUT2D eigenvalue weighted by Crippen LogP contribution is 2.02. The van der Waals surface area contributed by atoms with E-state index in [1.54, 1.807) is 4.72 Å². The van der Waals surface area contributed by atoms with Gasteiger partial charge in [0.25, 0.3) is 5.91 Å². The molecule has 1 heterocycles. The van der Waals surface area contributed by atoms with Crippen molar-refractivity contribution in [3.63, 3.8) is 0 Å². The van der Waals surface area contributed by atoms with Crippen molar-refractivity contribution in [2.45, 2.75) is 0 Å². The lowest BCUT2D eigenvalue weighted by Gasteiger charge is -2.03. The fourth-order valence-corrected chi connectivity index (χ4v) is 1.44. The highest BCUT2D eigenvalue weighted by atomic mass is 32.2. The molecule has 8 heteroatoms. The third-order valence-electron chi connectivity index (χ3n) is 1.70. The number of hydrogen-bond donors (Lipinski definition) is 1. The van der Waals surface area contributed by atoms with Crippen LogP contribution in [0.2, 0.25) is 0 Å².